The van der Waals surface area contributed by atoms with E-state index in [1.54, 1.807) is 39.9 Å². The van der Waals surface area contributed by atoms with E-state index in [4.69, 9.17) is 15.6 Å². The Hall–Kier alpha value is -4.54. The number of halogens is 1. The van der Waals surface area contributed by atoms with Gasteiger partial charge in [0, 0.05) is 23.4 Å². The predicted molar refractivity (Wildman–Crippen MR) is 148 cm³/mol. The van der Waals surface area contributed by atoms with Gasteiger partial charge in [0.25, 0.3) is 5.91 Å². The fourth-order valence-electron chi connectivity index (χ4n) is 5.77. The molecule has 3 N–H and O–H groups in total. The van der Waals surface area contributed by atoms with Gasteiger partial charge >= 0.3 is 6.09 Å². The topological polar surface area (TPSA) is 128 Å². The van der Waals surface area contributed by atoms with Gasteiger partial charge in [0.15, 0.2) is 5.65 Å². The Bertz CT molecular complexity index is 1620. The molecule has 40 heavy (non-hydrogen) atoms. The molecule has 1 saturated heterocycles. The summed E-state index contributed by atoms with van der Waals surface area (Å²) in [6.45, 7) is 6.15. The molecule has 2 bridgehead atoms. The van der Waals surface area contributed by atoms with Crippen molar-refractivity contribution in [1.29, 1.82) is 0 Å². The summed E-state index contributed by atoms with van der Waals surface area (Å²) in [5, 5.41) is 7.99. The molecule has 1 saturated carbocycles. The van der Waals surface area contributed by atoms with E-state index in [2.05, 4.69) is 15.3 Å². The average Bonchev–Trinajstić information content (AvgIpc) is 3.62. The van der Waals surface area contributed by atoms with E-state index in [9.17, 15) is 9.59 Å². The standard InChI is InChI=1S/C29H30FN7O3/c1-29(2,3)40-28(39)36-14-16-11-21(36)22(12-16)37-26-23(25(31)32-15-33-26)24(35-37)19-10-9-17(13-20(19)30)27(38)34-18-7-5-4-6-8-18/h4-10,13,15-16,21-22H,11-12,14H2,1-3H3,(H,34,38)(H2,31,32,33). The second-order valence-electron chi connectivity index (χ2n) is 11.4. The van der Waals surface area contributed by atoms with Crippen molar-refractivity contribution >= 4 is 34.5 Å². The molecule has 0 spiro atoms. The van der Waals surface area contributed by atoms with Crippen LogP contribution < -0.4 is 11.1 Å². The van der Waals surface area contributed by atoms with Crippen LogP contribution in [0, 0.1) is 11.7 Å². The van der Waals surface area contributed by atoms with E-state index in [1.165, 1.54) is 18.5 Å². The van der Waals surface area contributed by atoms with E-state index in [0.717, 1.165) is 12.8 Å². The molecule has 2 fully saturated rings. The molecule has 3 heterocycles. The lowest BCUT2D eigenvalue weighted by molar-refractivity contribution is 0.0135. The number of nitrogens with two attached hydrogens (primary N) is 1. The molecular weight excluding hydrogens is 513 g/mol. The third kappa shape index (κ3) is 4.61. The van der Waals surface area contributed by atoms with Gasteiger partial charge in [0.05, 0.1) is 17.5 Å². The molecule has 3 atom stereocenters. The Balaban J connectivity index is 1.35. The fraction of sp³-hybridized carbons (Fsp3) is 0.345. The first kappa shape index (κ1) is 25.7. The Morgan fingerprint density at radius 2 is 1.82 bits per heavy atom. The zero-order valence-electron chi connectivity index (χ0n) is 22.5. The summed E-state index contributed by atoms with van der Waals surface area (Å²) in [5.41, 5.74) is 7.36. The van der Waals surface area contributed by atoms with Crippen molar-refractivity contribution in [3.8, 4) is 11.3 Å². The first-order chi connectivity index (χ1) is 19.1. The number of nitrogens with one attached hydrogen (secondary N) is 1. The second kappa shape index (κ2) is 9.58. The maximum Gasteiger partial charge on any atom is 0.410 e. The molecule has 2 aromatic heterocycles. The molecule has 0 radical (unpaired) electrons. The lowest BCUT2D eigenvalue weighted by Crippen LogP contribution is -2.45. The van der Waals surface area contributed by atoms with E-state index in [1.807, 2.05) is 26.8 Å². The number of ether oxygens (including phenoxy) is 1. The molecule has 1 aliphatic carbocycles. The van der Waals surface area contributed by atoms with Crippen LogP contribution in [-0.4, -0.2) is 54.8 Å². The van der Waals surface area contributed by atoms with E-state index < -0.39 is 17.3 Å². The number of likely N-dealkylation sites (tertiary alicyclic amines) is 1. The lowest BCUT2D eigenvalue weighted by atomic mass is 10.1. The molecule has 11 heteroatoms. The van der Waals surface area contributed by atoms with Gasteiger partial charge in [0.1, 0.15) is 29.3 Å². The highest BCUT2D eigenvalue weighted by atomic mass is 19.1. The third-order valence-electron chi connectivity index (χ3n) is 7.43. The first-order valence-electron chi connectivity index (χ1n) is 13.2. The van der Waals surface area contributed by atoms with Crippen molar-refractivity contribution in [2.24, 2.45) is 5.92 Å². The molecule has 3 unspecified atom stereocenters. The molecule has 2 aliphatic rings. The third-order valence-corrected chi connectivity index (χ3v) is 7.43. The Morgan fingerprint density at radius 3 is 2.52 bits per heavy atom. The number of carbonyl (C=O) groups excluding carboxylic acids is 2. The minimum atomic E-state index is -0.626. The largest absolute Gasteiger partial charge is 0.444 e. The number of piperidine rings is 1. The zero-order valence-corrected chi connectivity index (χ0v) is 22.5. The fourth-order valence-corrected chi connectivity index (χ4v) is 5.77. The number of carbonyl (C=O) groups is 2. The van der Waals surface area contributed by atoms with Gasteiger partial charge in [-0.2, -0.15) is 5.10 Å². The number of benzene rings is 2. The molecule has 2 amide bonds. The van der Waals surface area contributed by atoms with E-state index >= 15 is 4.39 Å². The Labute approximate surface area is 230 Å². The van der Waals surface area contributed by atoms with Crippen LogP contribution in [0.25, 0.3) is 22.3 Å². The number of hydrogen-bond acceptors (Lipinski definition) is 7. The number of fused-ring (bicyclic) bond motifs is 3. The number of amides is 2. The number of nitrogen functional groups attached to an aromatic ring is 1. The highest BCUT2D eigenvalue weighted by molar-refractivity contribution is 6.05. The van der Waals surface area contributed by atoms with E-state index in [0.29, 0.717) is 29.2 Å². The van der Waals surface area contributed by atoms with Crippen LogP contribution in [0.4, 0.5) is 20.7 Å². The monoisotopic (exact) mass is 543 g/mol. The quantitative estimate of drug-likeness (QED) is 0.369. The number of aromatic nitrogens is 4. The molecule has 10 nitrogen and oxygen atoms in total. The van der Waals surface area contributed by atoms with Crippen LogP contribution in [0.2, 0.25) is 0 Å². The second-order valence-corrected chi connectivity index (χ2v) is 11.4. The van der Waals surface area contributed by atoms with Gasteiger partial charge in [-0.15, -0.1) is 0 Å². The first-order valence-corrected chi connectivity index (χ1v) is 13.2. The van der Waals surface area contributed by atoms with Gasteiger partial charge < -0.3 is 20.7 Å². The number of hydrogen-bond donors (Lipinski definition) is 2. The van der Waals surface area contributed by atoms with Crippen molar-refractivity contribution in [2.75, 3.05) is 17.6 Å². The van der Waals surface area contributed by atoms with Crippen LogP contribution >= 0.6 is 0 Å². The van der Waals surface area contributed by atoms with Crippen LogP contribution in [0.5, 0.6) is 0 Å². The SMILES string of the molecule is CC(C)(C)OC(=O)N1CC2CC1C(n1nc(-c3ccc(C(=O)Nc4ccccc4)cc3F)c3c(N)ncnc31)C2. The minimum Gasteiger partial charge on any atom is -0.444 e. The predicted octanol–water partition coefficient (Wildman–Crippen LogP) is 5.04. The van der Waals surface area contributed by atoms with Crippen LogP contribution in [0.3, 0.4) is 0 Å². The summed E-state index contributed by atoms with van der Waals surface area (Å²) in [5.74, 6) is -0.592. The van der Waals surface area contributed by atoms with Crippen LogP contribution in [-0.2, 0) is 4.74 Å². The highest BCUT2D eigenvalue weighted by Crippen LogP contribution is 2.46. The van der Waals surface area contributed by atoms with Crippen LogP contribution in [0.1, 0.15) is 50.0 Å². The molecule has 4 aromatic rings. The van der Waals surface area contributed by atoms with Gasteiger partial charge in [-0.25, -0.2) is 23.8 Å². The van der Waals surface area contributed by atoms with Gasteiger partial charge in [-0.1, -0.05) is 18.2 Å². The van der Waals surface area contributed by atoms with Crippen molar-refractivity contribution < 1.29 is 18.7 Å². The summed E-state index contributed by atoms with van der Waals surface area (Å²) >= 11 is 0. The number of para-hydroxylation sites is 1. The minimum absolute atomic E-state index is 0.138. The molecular formula is C29H30FN7O3. The summed E-state index contributed by atoms with van der Waals surface area (Å²) < 4.78 is 23.0. The van der Waals surface area contributed by atoms with Gasteiger partial charge in [-0.05, 0) is 69.9 Å². The summed E-state index contributed by atoms with van der Waals surface area (Å²) in [6, 6.07) is 12.9. The molecule has 206 valence electrons. The summed E-state index contributed by atoms with van der Waals surface area (Å²) in [6.07, 6.45) is 2.61. The Morgan fingerprint density at radius 1 is 1.07 bits per heavy atom. The van der Waals surface area contributed by atoms with Gasteiger partial charge in [0.2, 0.25) is 0 Å². The number of anilines is 2. The maximum absolute atomic E-state index is 15.6. The lowest BCUT2D eigenvalue weighted by Gasteiger charge is -2.34. The number of rotatable bonds is 4. The molecule has 1 aliphatic heterocycles. The van der Waals surface area contributed by atoms with Gasteiger partial charge in [-0.3, -0.25) is 4.79 Å². The van der Waals surface area contributed by atoms with Crippen molar-refractivity contribution in [1.82, 2.24) is 24.6 Å². The molecule has 2 aromatic carbocycles. The van der Waals surface area contributed by atoms with E-state index in [-0.39, 0.29) is 40.8 Å². The summed E-state index contributed by atoms with van der Waals surface area (Å²) in [7, 11) is 0. The average molecular weight is 544 g/mol. The van der Waals surface area contributed by atoms with Crippen molar-refractivity contribution in [3.05, 3.63) is 66.2 Å². The van der Waals surface area contributed by atoms with Crippen molar-refractivity contribution in [3.63, 3.8) is 0 Å². The normalized spacial score (nSPS) is 20.2. The van der Waals surface area contributed by atoms with Crippen molar-refractivity contribution in [2.45, 2.75) is 51.3 Å². The highest BCUT2D eigenvalue weighted by Gasteiger charge is 2.50. The molecule has 6 rings (SSSR count). The Kier molecular flexibility index (Phi) is 6.16. The zero-order chi connectivity index (χ0) is 28.2. The van der Waals surface area contributed by atoms with Crippen LogP contribution in [0.15, 0.2) is 54.9 Å². The number of nitrogens with zero attached hydrogens (tertiary/aromatic N) is 5. The maximum atomic E-state index is 15.6. The summed E-state index contributed by atoms with van der Waals surface area (Å²) in [4.78, 5) is 36.0. The smallest absolute Gasteiger partial charge is 0.410 e.